The van der Waals surface area contributed by atoms with Crippen molar-refractivity contribution < 1.29 is 14.6 Å². The highest BCUT2D eigenvalue weighted by atomic mass is 35.5. The van der Waals surface area contributed by atoms with Crippen molar-refractivity contribution in [2.24, 2.45) is 0 Å². The molecular formula is C26H21ClN4O3. The van der Waals surface area contributed by atoms with Gasteiger partial charge in [0.25, 0.3) is 0 Å². The zero-order valence-corrected chi connectivity index (χ0v) is 19.1. The monoisotopic (exact) mass is 472 g/mol. The van der Waals surface area contributed by atoms with E-state index in [0.717, 1.165) is 16.6 Å². The van der Waals surface area contributed by atoms with Gasteiger partial charge >= 0.3 is 5.97 Å². The lowest BCUT2D eigenvalue weighted by Gasteiger charge is -2.05. The van der Waals surface area contributed by atoms with Gasteiger partial charge in [0.2, 0.25) is 11.8 Å². The van der Waals surface area contributed by atoms with Gasteiger partial charge in [-0.15, -0.1) is 0 Å². The summed E-state index contributed by atoms with van der Waals surface area (Å²) in [5.74, 6) is 0.0553. The second kappa shape index (κ2) is 9.03. The van der Waals surface area contributed by atoms with Crippen molar-refractivity contribution >= 4 is 28.6 Å². The van der Waals surface area contributed by atoms with Crippen LogP contribution in [0, 0.1) is 0 Å². The van der Waals surface area contributed by atoms with Gasteiger partial charge in [-0.25, -0.2) is 9.78 Å². The molecule has 5 aromatic rings. The van der Waals surface area contributed by atoms with Crippen LogP contribution in [0.15, 0.2) is 72.8 Å². The van der Waals surface area contributed by atoms with E-state index < -0.39 is 0 Å². The number of fused-ring (bicyclic) bond motifs is 1. The van der Waals surface area contributed by atoms with Crippen molar-refractivity contribution in [3.05, 3.63) is 94.5 Å². The van der Waals surface area contributed by atoms with E-state index in [9.17, 15) is 9.90 Å². The summed E-state index contributed by atoms with van der Waals surface area (Å²) < 4.78 is 6.18. The summed E-state index contributed by atoms with van der Waals surface area (Å²) in [5.41, 5.74) is 5.29. The highest BCUT2D eigenvalue weighted by molar-refractivity contribution is 6.31. The number of carbonyl (C=O) groups is 1. The Bertz CT molecular complexity index is 1470. The molecule has 0 saturated heterocycles. The molecule has 5 rings (SSSR count). The molecule has 2 aromatic heterocycles. The number of aryl methyl sites for hydroxylation is 1. The molecule has 0 spiro atoms. The van der Waals surface area contributed by atoms with E-state index in [-0.39, 0.29) is 11.8 Å². The highest BCUT2D eigenvalue weighted by Crippen LogP contribution is 2.33. The van der Waals surface area contributed by atoms with Crippen molar-refractivity contribution in [3.63, 3.8) is 0 Å². The van der Waals surface area contributed by atoms with Crippen molar-refractivity contribution in [1.29, 1.82) is 0 Å². The summed E-state index contributed by atoms with van der Waals surface area (Å²) in [6, 6.07) is 22.3. The molecule has 0 fully saturated rings. The van der Waals surface area contributed by atoms with Gasteiger partial charge in [0.05, 0.1) is 23.7 Å². The molecule has 3 aromatic carbocycles. The van der Waals surface area contributed by atoms with E-state index in [1.807, 2.05) is 48.5 Å². The van der Waals surface area contributed by atoms with Gasteiger partial charge in [0, 0.05) is 16.1 Å². The normalized spacial score (nSPS) is 11.1. The lowest BCUT2D eigenvalue weighted by Crippen LogP contribution is -2.01. The Hall–Kier alpha value is -4.10. The topological polar surface area (TPSA) is 93.0 Å². The predicted octanol–water partition coefficient (Wildman–Crippen LogP) is 5.35. The third-order valence-electron chi connectivity index (χ3n) is 5.68. The largest absolute Gasteiger partial charge is 0.493 e. The number of carbonyl (C=O) groups excluding carboxylic acids is 1. The molecule has 0 radical (unpaired) electrons. The summed E-state index contributed by atoms with van der Waals surface area (Å²) in [6.45, 7) is 0. The maximum atomic E-state index is 11.7. The Balaban J connectivity index is 1.51. The number of rotatable bonds is 6. The fourth-order valence-corrected chi connectivity index (χ4v) is 4.07. The van der Waals surface area contributed by atoms with Crippen molar-refractivity contribution in [1.82, 2.24) is 19.7 Å². The number of esters is 1. The van der Waals surface area contributed by atoms with Crippen LogP contribution < -0.4 is 0 Å². The number of methoxy groups -OCH3 is 1. The number of hydrogen-bond donors (Lipinski definition) is 2. The molecule has 0 atom stereocenters. The third-order valence-corrected chi connectivity index (χ3v) is 5.91. The fraction of sp³-hybridized carbons (Fsp3) is 0.115. The minimum atomic E-state index is -0.371. The zero-order chi connectivity index (χ0) is 23.7. The van der Waals surface area contributed by atoms with Crippen LogP contribution in [0.3, 0.4) is 0 Å². The lowest BCUT2D eigenvalue weighted by molar-refractivity contribution is 0.0600. The minimum Gasteiger partial charge on any atom is -0.493 e. The fourth-order valence-electron chi connectivity index (χ4n) is 3.91. The van der Waals surface area contributed by atoms with Crippen LogP contribution in [0.2, 0.25) is 5.02 Å². The number of aromatic amines is 1. The van der Waals surface area contributed by atoms with Gasteiger partial charge in [-0.2, -0.15) is 9.78 Å². The summed E-state index contributed by atoms with van der Waals surface area (Å²) in [7, 11) is 1.36. The lowest BCUT2D eigenvalue weighted by atomic mass is 10.0. The molecule has 34 heavy (non-hydrogen) atoms. The first kappa shape index (κ1) is 21.7. The van der Waals surface area contributed by atoms with E-state index in [0.29, 0.717) is 46.2 Å². The molecule has 170 valence electrons. The first-order chi connectivity index (χ1) is 16.5. The SMILES string of the molecule is COC(=O)c1ccc(CCc2c(-c3ccccc3)nn(-c3nc4cc(Cl)ccc4[nH]3)c2O)cc1. The van der Waals surface area contributed by atoms with E-state index in [2.05, 4.69) is 9.97 Å². The van der Waals surface area contributed by atoms with Crippen LogP contribution in [0.1, 0.15) is 21.5 Å². The van der Waals surface area contributed by atoms with Crippen molar-refractivity contribution in [3.8, 4) is 23.1 Å². The van der Waals surface area contributed by atoms with E-state index >= 15 is 0 Å². The first-order valence-corrected chi connectivity index (χ1v) is 11.1. The molecule has 0 unspecified atom stereocenters. The molecule has 0 bridgehead atoms. The van der Waals surface area contributed by atoms with Gasteiger partial charge in [-0.3, -0.25) is 0 Å². The van der Waals surface area contributed by atoms with Crippen molar-refractivity contribution in [2.75, 3.05) is 7.11 Å². The molecule has 2 heterocycles. The average molecular weight is 473 g/mol. The number of aromatic nitrogens is 4. The van der Waals surface area contributed by atoms with E-state index in [4.69, 9.17) is 21.4 Å². The summed E-state index contributed by atoms with van der Waals surface area (Å²) in [6.07, 6.45) is 1.19. The molecular weight excluding hydrogens is 452 g/mol. The van der Waals surface area contributed by atoms with E-state index in [1.54, 1.807) is 24.3 Å². The van der Waals surface area contributed by atoms with Crippen LogP contribution in [-0.2, 0) is 17.6 Å². The van der Waals surface area contributed by atoms with Crippen LogP contribution in [0.25, 0.3) is 28.2 Å². The number of nitrogens with zero attached hydrogens (tertiary/aromatic N) is 3. The summed E-state index contributed by atoms with van der Waals surface area (Å²) in [5, 5.41) is 16.5. The van der Waals surface area contributed by atoms with Crippen LogP contribution >= 0.6 is 11.6 Å². The number of imidazole rings is 1. The first-order valence-electron chi connectivity index (χ1n) is 10.7. The Morgan fingerprint density at radius 3 is 2.56 bits per heavy atom. The number of H-pyrrole nitrogens is 1. The predicted molar refractivity (Wildman–Crippen MR) is 131 cm³/mol. The maximum absolute atomic E-state index is 11.7. The molecule has 0 aliphatic heterocycles. The average Bonchev–Trinajstić information content (AvgIpc) is 3.43. The minimum absolute atomic E-state index is 0.0233. The number of nitrogens with one attached hydrogen (secondary N) is 1. The van der Waals surface area contributed by atoms with Crippen molar-refractivity contribution in [2.45, 2.75) is 12.8 Å². The second-order valence-corrected chi connectivity index (χ2v) is 8.28. The molecule has 0 saturated carbocycles. The van der Waals surface area contributed by atoms with Crippen LogP contribution in [-0.4, -0.2) is 37.9 Å². The standard InChI is InChI=1S/C26H21ClN4O3/c1-34-25(33)18-10-7-16(8-11-18)9-13-20-23(17-5-3-2-4-6-17)30-31(24(20)32)26-28-21-14-12-19(27)15-22(21)29-26/h2-8,10-12,14-15,32H,9,13H2,1H3,(H,28,29). The van der Waals surface area contributed by atoms with Crippen LogP contribution in [0.4, 0.5) is 0 Å². The third kappa shape index (κ3) is 4.13. The highest BCUT2D eigenvalue weighted by Gasteiger charge is 2.21. The molecule has 0 aliphatic carbocycles. The molecule has 0 aliphatic rings. The Labute approximate surface area is 200 Å². The number of benzene rings is 3. The zero-order valence-electron chi connectivity index (χ0n) is 18.3. The molecule has 7 nitrogen and oxygen atoms in total. The Morgan fingerprint density at radius 1 is 1.06 bits per heavy atom. The second-order valence-electron chi connectivity index (χ2n) is 7.84. The summed E-state index contributed by atoms with van der Waals surface area (Å²) in [4.78, 5) is 19.4. The smallest absolute Gasteiger partial charge is 0.337 e. The number of ether oxygens (including phenoxy) is 1. The Morgan fingerprint density at radius 2 is 1.82 bits per heavy atom. The van der Waals surface area contributed by atoms with Crippen LogP contribution in [0.5, 0.6) is 5.88 Å². The van der Waals surface area contributed by atoms with Gasteiger partial charge in [0.1, 0.15) is 5.69 Å². The number of halogens is 1. The van der Waals surface area contributed by atoms with Gasteiger partial charge in [0.15, 0.2) is 0 Å². The molecule has 2 N–H and O–H groups in total. The van der Waals surface area contributed by atoms with Gasteiger partial charge in [-0.1, -0.05) is 54.1 Å². The molecule has 0 amide bonds. The number of hydrogen-bond acceptors (Lipinski definition) is 5. The number of aromatic hydroxyl groups is 1. The van der Waals surface area contributed by atoms with Gasteiger partial charge < -0.3 is 14.8 Å². The maximum Gasteiger partial charge on any atom is 0.337 e. The van der Waals surface area contributed by atoms with Gasteiger partial charge in [-0.05, 0) is 48.7 Å². The molecule has 8 heteroatoms. The van der Waals surface area contributed by atoms with E-state index in [1.165, 1.54) is 11.8 Å². The summed E-state index contributed by atoms with van der Waals surface area (Å²) >= 11 is 6.10. The quantitative estimate of drug-likeness (QED) is 0.325. The Kier molecular flexibility index (Phi) is 5.77.